The van der Waals surface area contributed by atoms with Crippen LogP contribution >= 0.6 is 10.6 Å². The van der Waals surface area contributed by atoms with Gasteiger partial charge in [0, 0.05) is 23.9 Å². The molecule has 0 unspecified atom stereocenters. The minimum atomic E-state index is -3.22. The lowest BCUT2D eigenvalue weighted by molar-refractivity contribution is 0.0985. The van der Waals surface area contributed by atoms with E-state index in [4.69, 9.17) is 14.7 Å². The van der Waals surface area contributed by atoms with E-state index in [1.54, 1.807) is 38.1 Å². The van der Waals surface area contributed by atoms with Crippen molar-refractivity contribution in [1.82, 2.24) is 15.3 Å². The van der Waals surface area contributed by atoms with Gasteiger partial charge in [0.2, 0.25) is 0 Å². The number of aliphatic hydroxyl groups is 1. The molecule has 2 fully saturated rings. The van der Waals surface area contributed by atoms with E-state index in [0.29, 0.717) is 54.7 Å². The average Bonchev–Trinajstić information content (AvgIpc) is 2.93. The van der Waals surface area contributed by atoms with Crippen LogP contribution < -0.4 is 15.5 Å². The Morgan fingerprint density at radius 2 is 1.83 bits per heavy atom. The number of carbonyl (C=O) groups excluding carboxylic acids is 1. The van der Waals surface area contributed by atoms with Gasteiger partial charge in [0.1, 0.15) is 10.6 Å². The Balaban J connectivity index is 1.52. The standard InChI is InChI=1S/C30H39N5O5S/c1-21-19-40-17-16-35(21)26-18-25(30(14-7-15-30)41(38,39)24-8-5-4-6-9-24)32-27(33-26)22-10-12-23(13-11-22)31-28(37)34-29(2,3)20-36/h4-6,8-13,18,21,36,38-39H,7,14-17,19-20H2,1-3H3,(H2,31,34,37)/t21-/m0/s1. The number of carbonyl (C=O) groups is 1. The zero-order valence-electron chi connectivity index (χ0n) is 23.7. The summed E-state index contributed by atoms with van der Waals surface area (Å²) in [5, 5.41) is 14.9. The van der Waals surface area contributed by atoms with Crippen LogP contribution in [0.5, 0.6) is 0 Å². The van der Waals surface area contributed by atoms with Gasteiger partial charge in [-0.25, -0.2) is 14.8 Å². The summed E-state index contributed by atoms with van der Waals surface area (Å²) in [4.78, 5) is 25.0. The van der Waals surface area contributed by atoms with Crippen molar-refractivity contribution in [2.24, 2.45) is 0 Å². The Bertz CT molecular complexity index is 1370. The van der Waals surface area contributed by atoms with Crippen LogP contribution in [0.2, 0.25) is 0 Å². The van der Waals surface area contributed by atoms with Gasteiger partial charge >= 0.3 is 6.03 Å². The molecule has 0 radical (unpaired) electrons. The molecule has 3 aromatic rings. The summed E-state index contributed by atoms with van der Waals surface area (Å²) in [6.07, 6.45) is 2.10. The molecule has 0 spiro atoms. The van der Waals surface area contributed by atoms with Gasteiger partial charge in [-0.3, -0.25) is 9.11 Å². The molecule has 5 rings (SSSR count). The zero-order valence-corrected chi connectivity index (χ0v) is 24.5. The van der Waals surface area contributed by atoms with Crippen molar-refractivity contribution in [2.75, 3.05) is 36.6 Å². The highest BCUT2D eigenvalue weighted by molar-refractivity contribution is 8.25. The zero-order chi connectivity index (χ0) is 29.3. The molecule has 41 heavy (non-hydrogen) atoms. The van der Waals surface area contributed by atoms with Crippen LogP contribution in [0.3, 0.4) is 0 Å². The first-order chi connectivity index (χ1) is 19.5. The number of ether oxygens (including phenoxy) is 1. The fraction of sp³-hybridized carbons (Fsp3) is 0.433. The molecule has 220 valence electrons. The number of amides is 2. The summed E-state index contributed by atoms with van der Waals surface area (Å²) in [6, 6.07) is 17.9. The average molecular weight is 582 g/mol. The molecule has 0 bridgehead atoms. The van der Waals surface area contributed by atoms with E-state index >= 15 is 0 Å². The third-order valence-corrected chi connectivity index (χ3v) is 10.5. The van der Waals surface area contributed by atoms with Crippen LogP contribution in [0.15, 0.2) is 65.6 Å². The van der Waals surface area contributed by atoms with Gasteiger partial charge in [-0.15, -0.1) is 0 Å². The van der Waals surface area contributed by atoms with Crippen molar-refractivity contribution in [3.8, 4) is 11.4 Å². The van der Waals surface area contributed by atoms with Gasteiger partial charge in [0.05, 0.1) is 42.0 Å². The van der Waals surface area contributed by atoms with Gasteiger partial charge in [0.15, 0.2) is 5.82 Å². The lowest BCUT2D eigenvalue weighted by Gasteiger charge is -2.55. The van der Waals surface area contributed by atoms with Gasteiger partial charge < -0.3 is 25.4 Å². The predicted molar refractivity (Wildman–Crippen MR) is 161 cm³/mol. The highest BCUT2D eigenvalue weighted by atomic mass is 32.3. The fourth-order valence-electron chi connectivity index (χ4n) is 5.24. The largest absolute Gasteiger partial charge is 0.394 e. The number of morpholine rings is 1. The Morgan fingerprint density at radius 3 is 2.44 bits per heavy atom. The van der Waals surface area contributed by atoms with Crippen molar-refractivity contribution in [3.63, 3.8) is 0 Å². The maximum Gasteiger partial charge on any atom is 0.319 e. The van der Waals surface area contributed by atoms with Crippen molar-refractivity contribution in [1.29, 1.82) is 0 Å². The maximum atomic E-state index is 12.4. The van der Waals surface area contributed by atoms with E-state index in [2.05, 4.69) is 22.5 Å². The fourth-order valence-corrected chi connectivity index (χ4v) is 7.49. The van der Waals surface area contributed by atoms with E-state index in [0.717, 1.165) is 17.8 Å². The van der Waals surface area contributed by atoms with Crippen LogP contribution in [0.4, 0.5) is 16.3 Å². The quantitative estimate of drug-likeness (QED) is 0.237. The number of nitrogens with one attached hydrogen (secondary N) is 2. The van der Waals surface area contributed by atoms with Crippen LogP contribution in [-0.4, -0.2) is 68.2 Å². The molecule has 2 heterocycles. The van der Waals surface area contributed by atoms with Crippen LogP contribution in [0.25, 0.3) is 11.4 Å². The summed E-state index contributed by atoms with van der Waals surface area (Å²) in [7, 11) is -3.22. The first kappa shape index (κ1) is 29.3. The number of urea groups is 1. The van der Waals surface area contributed by atoms with E-state index in [9.17, 15) is 19.0 Å². The molecule has 1 aliphatic carbocycles. The Kier molecular flexibility index (Phi) is 8.27. The first-order valence-electron chi connectivity index (χ1n) is 13.9. The van der Waals surface area contributed by atoms with Crippen molar-refractivity contribution in [2.45, 2.75) is 61.3 Å². The van der Waals surface area contributed by atoms with Gasteiger partial charge in [0.25, 0.3) is 0 Å². The highest BCUT2D eigenvalue weighted by Gasteiger charge is 2.52. The van der Waals surface area contributed by atoms with Crippen molar-refractivity contribution in [3.05, 3.63) is 66.4 Å². The lowest BCUT2D eigenvalue weighted by atomic mass is 9.81. The summed E-state index contributed by atoms with van der Waals surface area (Å²) in [6.45, 7) is 7.19. The second kappa shape index (κ2) is 11.6. The second-order valence-corrected chi connectivity index (χ2v) is 13.8. The molecule has 5 N–H and O–H groups in total. The SMILES string of the molecule is C[C@H]1COCCN1c1cc(C2(S(O)(O)c3ccccc3)CCC2)nc(-c2ccc(NC(=O)NC(C)(C)CO)cc2)n1. The van der Waals surface area contributed by atoms with Gasteiger partial charge in [-0.1, -0.05) is 18.2 Å². The molecule has 1 aromatic heterocycles. The van der Waals surface area contributed by atoms with Crippen LogP contribution in [-0.2, 0) is 9.48 Å². The van der Waals surface area contributed by atoms with Crippen molar-refractivity contribution >= 4 is 28.1 Å². The molecule has 11 heteroatoms. The predicted octanol–water partition coefficient (Wildman–Crippen LogP) is 5.45. The minimum absolute atomic E-state index is 0.0967. The van der Waals surface area contributed by atoms with Gasteiger partial charge in [-0.05, 0) is 76.4 Å². The lowest BCUT2D eigenvalue weighted by Crippen LogP contribution is -2.48. The highest BCUT2D eigenvalue weighted by Crippen LogP contribution is 2.71. The molecule has 2 aliphatic rings. The summed E-state index contributed by atoms with van der Waals surface area (Å²) >= 11 is 0. The Hall–Kier alpha value is -3.22. The van der Waals surface area contributed by atoms with Crippen LogP contribution in [0, 0.1) is 0 Å². The smallest absolute Gasteiger partial charge is 0.319 e. The third kappa shape index (κ3) is 5.91. The van der Waals surface area contributed by atoms with E-state index in [-0.39, 0.29) is 12.6 Å². The number of nitrogens with zero attached hydrogens (tertiary/aromatic N) is 3. The normalized spacial score (nSPS) is 19.3. The molecule has 1 aliphatic heterocycles. The molecule has 1 saturated carbocycles. The number of aromatic nitrogens is 2. The maximum absolute atomic E-state index is 12.4. The monoisotopic (exact) mass is 581 g/mol. The van der Waals surface area contributed by atoms with Crippen molar-refractivity contribution < 1.29 is 23.7 Å². The molecular formula is C30H39N5O5S. The summed E-state index contributed by atoms with van der Waals surface area (Å²) in [5.41, 5.74) is 1.19. The summed E-state index contributed by atoms with van der Waals surface area (Å²) < 4.78 is 28.2. The molecule has 2 aromatic carbocycles. The Labute approximate surface area is 242 Å². The number of hydrogen-bond donors (Lipinski definition) is 5. The molecule has 1 saturated heterocycles. The number of aliphatic hydroxyl groups excluding tert-OH is 1. The van der Waals surface area contributed by atoms with Crippen LogP contribution in [0.1, 0.15) is 45.7 Å². The molecule has 2 amide bonds. The topological polar surface area (TPSA) is 140 Å². The molecule has 1 atom stereocenters. The number of hydrogen-bond acceptors (Lipinski definition) is 8. The van der Waals surface area contributed by atoms with E-state index in [1.807, 2.05) is 36.4 Å². The first-order valence-corrected chi connectivity index (χ1v) is 15.5. The number of anilines is 2. The van der Waals surface area contributed by atoms with Gasteiger partial charge in [-0.2, -0.15) is 10.6 Å². The number of rotatable bonds is 8. The van der Waals surface area contributed by atoms with E-state index in [1.165, 1.54) is 0 Å². The Morgan fingerprint density at radius 1 is 1.12 bits per heavy atom. The minimum Gasteiger partial charge on any atom is -0.394 e. The second-order valence-electron chi connectivity index (χ2n) is 11.5. The third-order valence-electron chi connectivity index (χ3n) is 7.87. The van der Waals surface area contributed by atoms with E-state index < -0.39 is 26.9 Å². The molecular weight excluding hydrogens is 542 g/mol. The number of benzene rings is 2. The molecule has 10 nitrogen and oxygen atoms in total. The summed E-state index contributed by atoms with van der Waals surface area (Å²) in [5.74, 6) is 1.20.